The number of rotatable bonds is 9. The van der Waals surface area contributed by atoms with Gasteiger partial charge in [-0.3, -0.25) is 19.7 Å². The molecule has 10 nitrogen and oxygen atoms in total. The van der Waals surface area contributed by atoms with Gasteiger partial charge in [-0.1, -0.05) is 6.07 Å². The number of amides is 2. The maximum atomic E-state index is 12.2. The van der Waals surface area contributed by atoms with Crippen molar-refractivity contribution in [2.45, 2.75) is 20.3 Å². The van der Waals surface area contributed by atoms with Crippen LogP contribution >= 0.6 is 15.9 Å². The van der Waals surface area contributed by atoms with Crippen molar-refractivity contribution in [1.29, 1.82) is 0 Å². The zero-order valence-electron chi connectivity index (χ0n) is 17.1. The third-order valence-electron chi connectivity index (χ3n) is 3.91. The van der Waals surface area contributed by atoms with Crippen LogP contribution in [0.15, 0.2) is 46.0 Å². The van der Waals surface area contributed by atoms with Gasteiger partial charge < -0.3 is 14.8 Å². The summed E-state index contributed by atoms with van der Waals surface area (Å²) in [6.07, 6.45) is -0.173. The molecule has 11 heteroatoms. The number of benzene rings is 2. The number of ether oxygens (including phenoxy) is 2. The molecule has 0 heterocycles. The van der Waals surface area contributed by atoms with Gasteiger partial charge in [0.1, 0.15) is 17.2 Å². The first kappa shape index (κ1) is 23.8. The number of halogens is 1. The van der Waals surface area contributed by atoms with Gasteiger partial charge in [0.2, 0.25) is 5.91 Å². The van der Waals surface area contributed by atoms with Crippen LogP contribution in [0.3, 0.4) is 0 Å². The van der Waals surface area contributed by atoms with Crippen LogP contribution in [-0.2, 0) is 9.59 Å². The van der Waals surface area contributed by atoms with Crippen LogP contribution in [0.4, 0.5) is 11.4 Å². The Balaban J connectivity index is 1.88. The van der Waals surface area contributed by atoms with Gasteiger partial charge in [-0.25, -0.2) is 5.43 Å². The highest BCUT2D eigenvalue weighted by Gasteiger charge is 2.17. The van der Waals surface area contributed by atoms with E-state index in [1.807, 2.05) is 19.1 Å². The lowest BCUT2D eigenvalue weighted by Crippen LogP contribution is -2.26. The summed E-state index contributed by atoms with van der Waals surface area (Å²) < 4.78 is 11.1. The maximum absolute atomic E-state index is 12.2. The zero-order chi connectivity index (χ0) is 23.0. The average molecular weight is 493 g/mol. The summed E-state index contributed by atoms with van der Waals surface area (Å²) in [6.45, 7) is 3.21. The zero-order valence-corrected chi connectivity index (χ0v) is 18.7. The van der Waals surface area contributed by atoms with E-state index in [0.717, 1.165) is 10.0 Å². The molecule has 0 saturated heterocycles. The second-order valence-electron chi connectivity index (χ2n) is 6.47. The fraction of sp³-hybridized carbons (Fsp3) is 0.250. The van der Waals surface area contributed by atoms with Crippen LogP contribution in [0.2, 0.25) is 0 Å². The molecular formula is C20H21BrN4O6. The molecule has 31 heavy (non-hydrogen) atoms. The monoisotopic (exact) mass is 492 g/mol. The molecule has 2 aromatic carbocycles. The van der Waals surface area contributed by atoms with E-state index < -0.39 is 16.7 Å². The van der Waals surface area contributed by atoms with Gasteiger partial charge in [0.15, 0.2) is 6.61 Å². The summed E-state index contributed by atoms with van der Waals surface area (Å²) in [5.74, 6) is -0.214. The van der Waals surface area contributed by atoms with Crippen LogP contribution in [-0.4, -0.2) is 36.2 Å². The molecule has 0 aromatic heterocycles. The third-order valence-corrected chi connectivity index (χ3v) is 4.53. The first-order valence-electron chi connectivity index (χ1n) is 9.03. The van der Waals surface area contributed by atoms with Crippen molar-refractivity contribution < 1.29 is 24.0 Å². The van der Waals surface area contributed by atoms with Gasteiger partial charge in [-0.15, -0.1) is 0 Å². The average Bonchev–Trinajstić information content (AvgIpc) is 2.71. The molecule has 0 unspecified atom stereocenters. The number of hydrogen-bond donors (Lipinski definition) is 2. The number of hydrazone groups is 1. The van der Waals surface area contributed by atoms with E-state index >= 15 is 0 Å². The van der Waals surface area contributed by atoms with E-state index in [2.05, 4.69) is 31.8 Å². The van der Waals surface area contributed by atoms with E-state index in [1.54, 1.807) is 13.0 Å². The number of carbonyl (C=O) groups is 2. The van der Waals surface area contributed by atoms with Crippen molar-refractivity contribution in [3.05, 3.63) is 56.5 Å². The molecule has 0 aliphatic rings. The molecule has 2 amide bonds. The summed E-state index contributed by atoms with van der Waals surface area (Å²) in [6, 6.07) is 9.54. The Labute approximate surface area is 186 Å². The van der Waals surface area contributed by atoms with Crippen molar-refractivity contribution in [3.8, 4) is 11.5 Å². The summed E-state index contributed by atoms with van der Waals surface area (Å²) in [5.41, 5.74) is 3.39. The van der Waals surface area contributed by atoms with Crippen LogP contribution in [0, 0.1) is 17.0 Å². The number of aryl methyl sites for hydroxylation is 1. The highest BCUT2D eigenvalue weighted by Crippen LogP contribution is 2.29. The number of nitro groups is 1. The number of hydrogen-bond acceptors (Lipinski definition) is 7. The summed E-state index contributed by atoms with van der Waals surface area (Å²) in [7, 11) is 1.39. The molecule has 0 aliphatic carbocycles. The number of methoxy groups -OCH3 is 1. The molecule has 0 fully saturated rings. The van der Waals surface area contributed by atoms with Crippen LogP contribution in [0.1, 0.15) is 18.9 Å². The Morgan fingerprint density at radius 2 is 1.94 bits per heavy atom. The van der Waals surface area contributed by atoms with Crippen molar-refractivity contribution >= 4 is 44.8 Å². The first-order chi connectivity index (χ1) is 14.7. The van der Waals surface area contributed by atoms with Crippen molar-refractivity contribution in [3.63, 3.8) is 0 Å². The molecule has 0 aliphatic heterocycles. The Hall–Kier alpha value is -3.47. The Kier molecular flexibility index (Phi) is 8.50. The van der Waals surface area contributed by atoms with Gasteiger partial charge in [-0.2, -0.15) is 5.10 Å². The lowest BCUT2D eigenvalue weighted by atomic mass is 10.2. The number of nitrogens with one attached hydrogen (secondary N) is 2. The number of nitro benzene ring substituents is 1. The molecule has 0 radical (unpaired) electrons. The standard InChI is InChI=1S/C20H21BrN4O6/c1-12-4-7-18(15(21)8-12)31-11-20(27)24-23-13(2)9-19(26)22-16-6-5-14(30-3)10-17(16)25(28)29/h4-8,10H,9,11H2,1-3H3,(H,22,26)(H,24,27)/b23-13+. The van der Waals surface area contributed by atoms with Crippen LogP contribution in [0.25, 0.3) is 0 Å². The van der Waals surface area contributed by atoms with E-state index in [1.165, 1.54) is 25.3 Å². The van der Waals surface area contributed by atoms with E-state index in [0.29, 0.717) is 17.2 Å². The smallest absolute Gasteiger partial charge is 0.296 e. The molecule has 0 spiro atoms. The quantitative estimate of drug-likeness (QED) is 0.312. The minimum atomic E-state index is -0.619. The lowest BCUT2D eigenvalue weighted by Gasteiger charge is -2.09. The van der Waals surface area contributed by atoms with E-state index in [9.17, 15) is 19.7 Å². The Morgan fingerprint density at radius 1 is 1.19 bits per heavy atom. The molecule has 2 rings (SSSR count). The molecular weight excluding hydrogens is 472 g/mol. The van der Waals surface area contributed by atoms with Gasteiger partial charge in [-0.05, 0) is 59.6 Å². The number of carbonyl (C=O) groups excluding carboxylic acids is 2. The van der Waals surface area contributed by atoms with Crippen molar-refractivity contribution in [1.82, 2.24) is 5.43 Å². The number of nitrogens with zero attached hydrogens (tertiary/aromatic N) is 2. The highest BCUT2D eigenvalue weighted by molar-refractivity contribution is 9.10. The third kappa shape index (κ3) is 7.37. The van der Waals surface area contributed by atoms with Crippen LogP contribution in [0.5, 0.6) is 11.5 Å². The van der Waals surface area contributed by atoms with Crippen LogP contribution < -0.4 is 20.2 Å². The van der Waals surface area contributed by atoms with Crippen molar-refractivity contribution in [2.75, 3.05) is 19.0 Å². The normalized spacial score (nSPS) is 10.9. The van der Waals surface area contributed by atoms with Gasteiger partial charge >= 0.3 is 0 Å². The maximum Gasteiger partial charge on any atom is 0.296 e. The lowest BCUT2D eigenvalue weighted by molar-refractivity contribution is -0.384. The molecule has 164 valence electrons. The first-order valence-corrected chi connectivity index (χ1v) is 9.82. The van der Waals surface area contributed by atoms with Gasteiger partial charge in [0.25, 0.3) is 11.6 Å². The number of anilines is 1. The predicted molar refractivity (Wildman–Crippen MR) is 119 cm³/mol. The summed E-state index contributed by atoms with van der Waals surface area (Å²) >= 11 is 3.36. The van der Waals surface area contributed by atoms with E-state index in [-0.39, 0.29) is 24.4 Å². The predicted octanol–water partition coefficient (Wildman–Crippen LogP) is 3.57. The molecule has 0 atom stereocenters. The topological polar surface area (TPSA) is 132 Å². The molecule has 0 bridgehead atoms. The SMILES string of the molecule is COc1ccc(NC(=O)C/C(C)=N/NC(=O)COc2ccc(C)cc2Br)c([N+](=O)[O-])c1. The molecule has 2 aromatic rings. The highest BCUT2D eigenvalue weighted by atomic mass is 79.9. The fourth-order valence-electron chi connectivity index (χ4n) is 2.42. The largest absolute Gasteiger partial charge is 0.496 e. The second kappa shape index (κ2) is 11.1. The van der Waals surface area contributed by atoms with E-state index in [4.69, 9.17) is 9.47 Å². The Bertz CT molecular complexity index is 1020. The Morgan fingerprint density at radius 3 is 2.58 bits per heavy atom. The minimum absolute atomic E-state index is 0.0321. The summed E-state index contributed by atoms with van der Waals surface area (Å²) in [5, 5.41) is 17.5. The molecule has 2 N–H and O–H groups in total. The van der Waals surface area contributed by atoms with Gasteiger partial charge in [0.05, 0.1) is 29.0 Å². The second-order valence-corrected chi connectivity index (χ2v) is 7.32. The fourth-order valence-corrected chi connectivity index (χ4v) is 3.03. The minimum Gasteiger partial charge on any atom is -0.496 e. The summed E-state index contributed by atoms with van der Waals surface area (Å²) in [4.78, 5) is 34.7. The van der Waals surface area contributed by atoms with Crippen molar-refractivity contribution in [2.24, 2.45) is 5.10 Å². The van der Waals surface area contributed by atoms with Gasteiger partial charge in [0, 0.05) is 5.71 Å². The molecule has 0 saturated carbocycles.